The monoisotopic (exact) mass is 364 g/mol. The Kier molecular flexibility index (Phi) is 6.18. The number of nitrogens with one attached hydrogen (secondary N) is 1. The summed E-state index contributed by atoms with van der Waals surface area (Å²) in [6.07, 6.45) is 3.61. The molecule has 0 radical (unpaired) electrons. The molecule has 1 saturated heterocycles. The number of rotatable bonds is 6. The molecule has 7 nitrogen and oxygen atoms in total. The third kappa shape index (κ3) is 4.90. The smallest absolute Gasteiger partial charge is 0.230 e. The molecule has 1 aliphatic rings. The highest BCUT2D eigenvalue weighted by Gasteiger charge is 2.30. The largest absolute Gasteiger partial charge is 0.300 e. The number of amides is 1. The number of sulfonamides is 1. The van der Waals surface area contributed by atoms with Crippen molar-refractivity contribution in [2.75, 3.05) is 30.4 Å². The van der Waals surface area contributed by atoms with Crippen LogP contribution in [0.3, 0.4) is 0 Å². The highest BCUT2D eigenvalue weighted by atomic mass is 32.2. The Morgan fingerprint density at radius 1 is 1.50 bits per heavy atom. The van der Waals surface area contributed by atoms with Crippen LogP contribution in [0.5, 0.6) is 0 Å². The standard InChI is InChI=1S/C12H20N4O3S3/c1-3-7-20-12-15-14-11(21-12)13-10(17)9-5-4-6-16(8-9)22(2,18)19/h9H,3-8H2,1-2H3,(H,13,14,17). The average Bonchev–Trinajstić information content (AvgIpc) is 2.92. The number of carbonyl (C=O) groups excluding carboxylic acids is 1. The van der Waals surface area contributed by atoms with E-state index in [0.717, 1.165) is 16.5 Å². The van der Waals surface area contributed by atoms with Crippen molar-refractivity contribution in [1.29, 1.82) is 0 Å². The fourth-order valence-corrected chi connectivity index (χ4v) is 4.76. The van der Waals surface area contributed by atoms with Gasteiger partial charge in [-0.2, -0.15) is 0 Å². The van der Waals surface area contributed by atoms with Gasteiger partial charge in [-0.15, -0.1) is 10.2 Å². The van der Waals surface area contributed by atoms with Gasteiger partial charge >= 0.3 is 0 Å². The van der Waals surface area contributed by atoms with Crippen molar-refractivity contribution in [3.63, 3.8) is 0 Å². The van der Waals surface area contributed by atoms with Gasteiger partial charge in [-0.05, 0) is 19.3 Å². The number of aromatic nitrogens is 2. The number of carbonyl (C=O) groups is 1. The van der Waals surface area contributed by atoms with E-state index in [2.05, 4.69) is 22.4 Å². The number of hydrogen-bond donors (Lipinski definition) is 1. The lowest BCUT2D eigenvalue weighted by Crippen LogP contribution is -2.43. The van der Waals surface area contributed by atoms with E-state index < -0.39 is 10.0 Å². The first-order valence-electron chi connectivity index (χ1n) is 7.12. The number of piperidine rings is 1. The van der Waals surface area contributed by atoms with Gasteiger partial charge < -0.3 is 5.32 Å². The Morgan fingerprint density at radius 3 is 2.95 bits per heavy atom. The number of nitrogens with zero attached hydrogens (tertiary/aromatic N) is 3. The summed E-state index contributed by atoms with van der Waals surface area (Å²) in [5, 5.41) is 11.2. The van der Waals surface area contributed by atoms with Crippen LogP contribution in [-0.4, -0.2) is 53.9 Å². The normalized spacial score (nSPS) is 20.0. The van der Waals surface area contributed by atoms with Gasteiger partial charge in [0.2, 0.25) is 21.1 Å². The van der Waals surface area contributed by atoms with E-state index in [1.807, 2.05) is 0 Å². The van der Waals surface area contributed by atoms with Crippen LogP contribution in [0.15, 0.2) is 4.34 Å². The quantitative estimate of drug-likeness (QED) is 0.609. The van der Waals surface area contributed by atoms with Gasteiger partial charge in [0, 0.05) is 18.8 Å². The molecule has 1 aromatic rings. The molecule has 2 rings (SSSR count). The first-order valence-corrected chi connectivity index (χ1v) is 10.8. The van der Waals surface area contributed by atoms with Crippen LogP contribution in [0.2, 0.25) is 0 Å². The first-order chi connectivity index (χ1) is 10.4. The first kappa shape index (κ1) is 17.6. The lowest BCUT2D eigenvalue weighted by Gasteiger charge is -2.29. The molecule has 1 N–H and O–H groups in total. The van der Waals surface area contributed by atoms with Crippen molar-refractivity contribution in [2.24, 2.45) is 5.92 Å². The number of hydrogen-bond acceptors (Lipinski definition) is 7. The van der Waals surface area contributed by atoms with E-state index in [-0.39, 0.29) is 18.4 Å². The van der Waals surface area contributed by atoms with Crippen molar-refractivity contribution in [3.05, 3.63) is 0 Å². The van der Waals surface area contributed by atoms with Crippen LogP contribution < -0.4 is 5.32 Å². The fraction of sp³-hybridized carbons (Fsp3) is 0.750. The predicted molar refractivity (Wildman–Crippen MR) is 88.7 cm³/mol. The topological polar surface area (TPSA) is 92.3 Å². The second-order valence-corrected chi connectivity index (χ2v) is 9.47. The summed E-state index contributed by atoms with van der Waals surface area (Å²) in [6, 6.07) is 0. The van der Waals surface area contributed by atoms with Crippen molar-refractivity contribution >= 4 is 44.2 Å². The molecule has 0 saturated carbocycles. The van der Waals surface area contributed by atoms with Crippen LogP contribution in [0, 0.1) is 5.92 Å². The van der Waals surface area contributed by atoms with Gasteiger partial charge in [-0.25, -0.2) is 12.7 Å². The Morgan fingerprint density at radius 2 is 2.27 bits per heavy atom. The zero-order valence-electron chi connectivity index (χ0n) is 12.6. The molecule has 1 aromatic heterocycles. The molecule has 10 heteroatoms. The van der Waals surface area contributed by atoms with Gasteiger partial charge in [0.15, 0.2) is 4.34 Å². The van der Waals surface area contributed by atoms with E-state index >= 15 is 0 Å². The van der Waals surface area contributed by atoms with Crippen molar-refractivity contribution in [3.8, 4) is 0 Å². The molecule has 1 amide bonds. The van der Waals surface area contributed by atoms with Gasteiger partial charge in [0.25, 0.3) is 0 Å². The van der Waals surface area contributed by atoms with E-state index in [0.29, 0.717) is 24.5 Å². The third-order valence-electron chi connectivity index (χ3n) is 3.29. The summed E-state index contributed by atoms with van der Waals surface area (Å²) in [5.74, 6) is 0.449. The van der Waals surface area contributed by atoms with Crippen LogP contribution in [-0.2, 0) is 14.8 Å². The van der Waals surface area contributed by atoms with E-state index in [1.165, 1.54) is 21.9 Å². The lowest BCUT2D eigenvalue weighted by molar-refractivity contribution is -0.120. The Bertz CT molecular complexity index is 617. The summed E-state index contributed by atoms with van der Waals surface area (Å²) < 4.78 is 25.4. The molecule has 0 spiro atoms. The average molecular weight is 365 g/mol. The summed E-state index contributed by atoms with van der Waals surface area (Å²) in [4.78, 5) is 12.3. The molecule has 0 aliphatic carbocycles. The Hall–Kier alpha value is -0.710. The van der Waals surface area contributed by atoms with Crippen LogP contribution in [0.1, 0.15) is 26.2 Å². The second kappa shape index (κ2) is 7.71. The number of anilines is 1. The third-order valence-corrected chi connectivity index (χ3v) is 6.74. The zero-order valence-corrected chi connectivity index (χ0v) is 15.1. The van der Waals surface area contributed by atoms with Crippen LogP contribution in [0.4, 0.5) is 5.13 Å². The minimum absolute atomic E-state index is 0.184. The van der Waals surface area contributed by atoms with Crippen molar-refractivity contribution in [1.82, 2.24) is 14.5 Å². The van der Waals surface area contributed by atoms with Gasteiger partial charge in [-0.1, -0.05) is 30.0 Å². The molecule has 1 aliphatic heterocycles. The van der Waals surface area contributed by atoms with E-state index in [1.54, 1.807) is 11.8 Å². The minimum atomic E-state index is -3.25. The van der Waals surface area contributed by atoms with Crippen LogP contribution in [0.25, 0.3) is 0 Å². The van der Waals surface area contributed by atoms with Crippen molar-refractivity contribution in [2.45, 2.75) is 30.5 Å². The summed E-state index contributed by atoms with van der Waals surface area (Å²) in [5.41, 5.74) is 0. The zero-order chi connectivity index (χ0) is 16.2. The maximum absolute atomic E-state index is 12.3. The highest BCUT2D eigenvalue weighted by Crippen LogP contribution is 2.27. The van der Waals surface area contributed by atoms with Gasteiger partial charge in [-0.3, -0.25) is 4.79 Å². The maximum Gasteiger partial charge on any atom is 0.230 e. The molecule has 1 atom stereocenters. The van der Waals surface area contributed by atoms with Crippen LogP contribution >= 0.6 is 23.1 Å². The van der Waals surface area contributed by atoms with E-state index in [4.69, 9.17) is 0 Å². The SMILES string of the molecule is CCCSc1nnc(NC(=O)C2CCCN(S(C)(=O)=O)C2)s1. The summed E-state index contributed by atoms with van der Waals surface area (Å²) in [7, 11) is -3.25. The highest BCUT2D eigenvalue weighted by molar-refractivity contribution is 8.01. The molecule has 0 bridgehead atoms. The molecule has 1 unspecified atom stereocenters. The van der Waals surface area contributed by atoms with Gasteiger partial charge in [0.05, 0.1) is 12.2 Å². The predicted octanol–water partition coefficient (Wildman–Crippen LogP) is 1.65. The fourth-order valence-electron chi connectivity index (χ4n) is 2.17. The Labute approximate surface area is 138 Å². The number of thioether (sulfide) groups is 1. The minimum Gasteiger partial charge on any atom is -0.300 e. The van der Waals surface area contributed by atoms with Crippen molar-refractivity contribution < 1.29 is 13.2 Å². The second-order valence-electron chi connectivity index (χ2n) is 5.17. The van der Waals surface area contributed by atoms with E-state index in [9.17, 15) is 13.2 Å². The molecule has 2 heterocycles. The molecular formula is C12H20N4O3S3. The summed E-state index contributed by atoms with van der Waals surface area (Å²) in [6.45, 7) is 2.81. The maximum atomic E-state index is 12.3. The molecule has 1 fully saturated rings. The molecule has 22 heavy (non-hydrogen) atoms. The van der Waals surface area contributed by atoms with Gasteiger partial charge in [0.1, 0.15) is 0 Å². The summed E-state index contributed by atoms with van der Waals surface area (Å²) >= 11 is 2.96. The molecule has 0 aromatic carbocycles. The molecule has 124 valence electrons. The molecular weight excluding hydrogens is 344 g/mol. The Balaban J connectivity index is 1.92. The lowest BCUT2D eigenvalue weighted by atomic mass is 9.99.